The van der Waals surface area contributed by atoms with E-state index in [1.54, 1.807) is 4.79 Å². The zero-order chi connectivity index (χ0) is 8.36. The van der Waals surface area contributed by atoms with Gasteiger partial charge in [-0.25, -0.2) is 0 Å². The standard InChI is InChI=1S/C4H3F3N2O/c1-2(10)3(9-8)4(5,6)7/h1H3. The Hall–Kier alpha value is -1.16. The predicted molar refractivity (Wildman–Crippen MR) is 25.4 cm³/mol. The molecule has 10 heavy (non-hydrogen) atoms. The number of ketones is 1. The Kier molecular flexibility index (Phi) is 2.31. The Bertz CT molecular complexity index is 201. The van der Waals surface area contributed by atoms with E-state index in [4.69, 9.17) is 5.53 Å². The van der Waals surface area contributed by atoms with Crippen molar-refractivity contribution in [2.45, 2.75) is 13.1 Å². The molecule has 0 saturated carbocycles. The molecular weight excluding hydrogens is 149 g/mol. The summed E-state index contributed by atoms with van der Waals surface area (Å²) >= 11 is 0. The molecular formula is C4H3F3N2O. The number of hydrogen-bond acceptors (Lipinski definition) is 1. The number of alkyl halides is 3. The van der Waals surface area contributed by atoms with Crippen molar-refractivity contribution in [1.82, 2.24) is 0 Å². The highest BCUT2D eigenvalue weighted by molar-refractivity contribution is 6.38. The topological polar surface area (TPSA) is 53.5 Å². The highest BCUT2D eigenvalue weighted by Gasteiger charge is 2.47. The monoisotopic (exact) mass is 152 g/mol. The van der Waals surface area contributed by atoms with Gasteiger partial charge < -0.3 is 5.53 Å². The van der Waals surface area contributed by atoms with Gasteiger partial charge in [0.2, 0.25) is 5.78 Å². The van der Waals surface area contributed by atoms with Gasteiger partial charge in [-0.1, -0.05) is 0 Å². The maximum atomic E-state index is 11.5. The zero-order valence-corrected chi connectivity index (χ0v) is 4.94. The number of rotatable bonds is 1. The van der Waals surface area contributed by atoms with E-state index in [0.717, 1.165) is 0 Å². The molecule has 0 unspecified atom stereocenters. The smallest absolute Gasteiger partial charge is 0.361 e. The van der Waals surface area contributed by atoms with Crippen LogP contribution in [0, 0.1) is 0 Å². The lowest BCUT2D eigenvalue weighted by Crippen LogP contribution is -2.30. The van der Waals surface area contributed by atoms with Crippen LogP contribution < -0.4 is 0 Å². The number of Topliss-reactive ketones (excluding diaryl/α,β-unsaturated/α-hetero) is 1. The first-order chi connectivity index (χ1) is 4.39. The van der Waals surface area contributed by atoms with Crippen LogP contribution >= 0.6 is 0 Å². The van der Waals surface area contributed by atoms with Crippen molar-refractivity contribution in [2.75, 3.05) is 0 Å². The molecule has 0 aromatic rings. The summed E-state index contributed by atoms with van der Waals surface area (Å²) in [7, 11) is 0. The summed E-state index contributed by atoms with van der Waals surface area (Å²) < 4.78 is 34.4. The number of hydrogen-bond donors (Lipinski definition) is 0. The third-order valence-electron chi connectivity index (χ3n) is 0.702. The summed E-state index contributed by atoms with van der Waals surface area (Å²) in [4.78, 5) is 11.8. The second-order valence-electron chi connectivity index (χ2n) is 1.50. The Morgan fingerprint density at radius 2 is 1.90 bits per heavy atom. The van der Waals surface area contributed by atoms with Crippen molar-refractivity contribution in [3.63, 3.8) is 0 Å². The third-order valence-corrected chi connectivity index (χ3v) is 0.702. The van der Waals surface area contributed by atoms with Gasteiger partial charge in [-0.3, -0.25) is 4.79 Å². The molecule has 0 amide bonds. The molecule has 0 spiro atoms. The van der Waals surface area contributed by atoms with Crippen LogP contribution in [0.25, 0.3) is 5.53 Å². The molecule has 0 heterocycles. The lowest BCUT2D eigenvalue weighted by Gasteiger charge is -1.94. The SMILES string of the molecule is CC(=O)C(=[N+]=[N-])C(F)(F)F. The zero-order valence-electron chi connectivity index (χ0n) is 4.94. The molecule has 0 bridgehead atoms. The van der Waals surface area contributed by atoms with Crippen LogP contribution in [-0.4, -0.2) is 22.5 Å². The largest absolute Gasteiger partial charge is 0.498 e. The third kappa shape index (κ3) is 1.99. The summed E-state index contributed by atoms with van der Waals surface area (Å²) in [5, 5.41) is 0. The molecule has 0 radical (unpaired) electrons. The van der Waals surface area contributed by atoms with Crippen LogP contribution in [0.1, 0.15) is 6.92 Å². The number of carbonyl (C=O) groups excluding carboxylic acids is 1. The van der Waals surface area contributed by atoms with Gasteiger partial charge in [-0.15, -0.1) is 0 Å². The minimum Gasteiger partial charge on any atom is -0.361 e. The summed E-state index contributed by atoms with van der Waals surface area (Å²) in [5.74, 6) is -1.31. The normalized spacial score (nSPS) is 10.4. The van der Waals surface area contributed by atoms with E-state index in [9.17, 15) is 18.0 Å². The quantitative estimate of drug-likeness (QED) is 0.311. The fraction of sp³-hybridized carbons (Fsp3) is 0.500. The first kappa shape index (κ1) is 8.84. The first-order valence-corrected chi connectivity index (χ1v) is 2.19. The van der Waals surface area contributed by atoms with E-state index in [-0.39, 0.29) is 0 Å². The molecule has 0 aromatic heterocycles. The van der Waals surface area contributed by atoms with Crippen LogP contribution in [0.5, 0.6) is 0 Å². The Morgan fingerprint density at radius 3 is 1.90 bits per heavy atom. The van der Waals surface area contributed by atoms with Gasteiger partial charge in [0.05, 0.1) is 0 Å². The highest BCUT2D eigenvalue weighted by atomic mass is 19.4. The maximum absolute atomic E-state index is 11.5. The van der Waals surface area contributed by atoms with Crippen LogP contribution in [0.4, 0.5) is 13.2 Å². The van der Waals surface area contributed by atoms with E-state index in [1.165, 1.54) is 0 Å². The van der Waals surface area contributed by atoms with Gasteiger partial charge in [0.25, 0.3) is 0 Å². The molecule has 0 aromatic carbocycles. The Balaban J connectivity index is 4.74. The molecule has 6 heteroatoms. The fourth-order valence-corrected chi connectivity index (χ4v) is 0.327. The van der Waals surface area contributed by atoms with Crippen LogP contribution in [0.15, 0.2) is 0 Å². The predicted octanol–water partition coefficient (Wildman–Crippen LogP) is 0.809. The van der Waals surface area contributed by atoms with Crippen molar-refractivity contribution < 1.29 is 22.8 Å². The summed E-state index contributed by atoms with van der Waals surface area (Å²) in [6, 6.07) is 0. The van der Waals surface area contributed by atoms with Gasteiger partial charge >= 0.3 is 11.9 Å². The fourth-order valence-electron chi connectivity index (χ4n) is 0.327. The lowest BCUT2D eigenvalue weighted by molar-refractivity contribution is -0.134. The summed E-state index contributed by atoms with van der Waals surface area (Å²) in [6.07, 6.45) is -4.86. The lowest BCUT2D eigenvalue weighted by atomic mass is 10.3. The molecule has 0 aliphatic rings. The van der Waals surface area contributed by atoms with E-state index < -0.39 is 17.7 Å². The van der Waals surface area contributed by atoms with Crippen LogP contribution in [0.3, 0.4) is 0 Å². The van der Waals surface area contributed by atoms with E-state index >= 15 is 0 Å². The first-order valence-electron chi connectivity index (χ1n) is 2.19. The molecule has 0 atom stereocenters. The van der Waals surface area contributed by atoms with E-state index in [1.807, 2.05) is 0 Å². The van der Waals surface area contributed by atoms with Crippen molar-refractivity contribution in [2.24, 2.45) is 0 Å². The van der Waals surface area contributed by atoms with Crippen molar-refractivity contribution >= 4 is 11.5 Å². The van der Waals surface area contributed by atoms with Crippen LogP contribution in [0.2, 0.25) is 0 Å². The molecule has 0 aliphatic carbocycles. The number of halogens is 3. The number of carbonyl (C=O) groups is 1. The Morgan fingerprint density at radius 1 is 1.50 bits per heavy atom. The minimum atomic E-state index is -4.86. The molecule has 56 valence electrons. The van der Waals surface area contributed by atoms with Crippen molar-refractivity contribution in [3.05, 3.63) is 5.53 Å². The average Bonchev–Trinajstić information content (AvgIpc) is 1.60. The van der Waals surface area contributed by atoms with Gasteiger partial charge in [0, 0.05) is 6.92 Å². The minimum absolute atomic E-state index is 0.669. The highest BCUT2D eigenvalue weighted by Crippen LogP contribution is 2.15. The average molecular weight is 152 g/mol. The molecule has 0 rings (SSSR count). The van der Waals surface area contributed by atoms with Crippen LogP contribution in [-0.2, 0) is 4.79 Å². The molecule has 0 aliphatic heterocycles. The molecule has 0 fully saturated rings. The second-order valence-corrected chi connectivity index (χ2v) is 1.50. The van der Waals surface area contributed by atoms with E-state index in [0.29, 0.717) is 6.92 Å². The van der Waals surface area contributed by atoms with Gasteiger partial charge in [0.1, 0.15) is 0 Å². The van der Waals surface area contributed by atoms with Crippen molar-refractivity contribution in [1.29, 1.82) is 0 Å². The second kappa shape index (κ2) is 2.62. The number of nitrogens with zero attached hydrogens (tertiary/aromatic N) is 2. The Labute approximate surface area is 54.1 Å². The summed E-state index contributed by atoms with van der Waals surface area (Å²) in [5.41, 5.74) is 5.89. The van der Waals surface area contributed by atoms with Gasteiger partial charge in [-0.05, 0) is 0 Å². The maximum Gasteiger partial charge on any atom is 0.498 e. The van der Waals surface area contributed by atoms with Gasteiger partial charge in [0.15, 0.2) is 0 Å². The molecule has 3 nitrogen and oxygen atoms in total. The van der Waals surface area contributed by atoms with Gasteiger partial charge in [-0.2, -0.15) is 18.0 Å². The van der Waals surface area contributed by atoms with Crippen molar-refractivity contribution in [3.8, 4) is 0 Å². The molecule has 0 saturated heterocycles. The molecule has 0 N–H and O–H groups in total. The van der Waals surface area contributed by atoms with E-state index in [2.05, 4.69) is 0 Å². The summed E-state index contributed by atoms with van der Waals surface area (Å²) in [6.45, 7) is 0.669.